The van der Waals surface area contributed by atoms with Crippen LogP contribution in [0.3, 0.4) is 0 Å². The number of carbonyl (C=O) groups is 1. The molecule has 0 saturated carbocycles. The molecular formula is C13H16FNO2. The molecule has 0 bridgehead atoms. The van der Waals surface area contributed by atoms with Crippen LogP contribution < -0.4 is 4.74 Å². The highest BCUT2D eigenvalue weighted by Gasteiger charge is 2.26. The third-order valence-electron chi connectivity index (χ3n) is 3.11. The van der Waals surface area contributed by atoms with E-state index in [1.54, 1.807) is 24.3 Å². The molecule has 3 nitrogen and oxygen atoms in total. The fourth-order valence-corrected chi connectivity index (χ4v) is 1.89. The lowest BCUT2D eigenvalue weighted by atomic mass is 10.1. The predicted octanol–water partition coefficient (Wildman–Crippen LogP) is 1.92. The van der Waals surface area contributed by atoms with Gasteiger partial charge in [0.2, 0.25) is 0 Å². The highest BCUT2D eigenvalue weighted by atomic mass is 19.1. The molecule has 1 aliphatic rings. The Bertz CT molecular complexity index is 364. The highest BCUT2D eigenvalue weighted by Crippen LogP contribution is 2.17. The summed E-state index contributed by atoms with van der Waals surface area (Å²) in [5.41, 5.74) is 0.637. The highest BCUT2D eigenvalue weighted by molar-refractivity contribution is 5.74. The summed E-state index contributed by atoms with van der Waals surface area (Å²) in [6.07, 6.45) is 1.75. The normalized spacial score (nSPS) is 19.7. The van der Waals surface area contributed by atoms with Gasteiger partial charge in [0.15, 0.2) is 0 Å². The predicted molar refractivity (Wildman–Crippen MR) is 63.3 cm³/mol. The van der Waals surface area contributed by atoms with Gasteiger partial charge in [-0.2, -0.15) is 0 Å². The summed E-state index contributed by atoms with van der Waals surface area (Å²) in [5.74, 6) is 0.743. The minimum Gasteiger partial charge on any atom is -0.492 e. The lowest BCUT2D eigenvalue weighted by Crippen LogP contribution is -2.50. The number of likely N-dealkylation sites (tertiary alicyclic amines) is 1. The van der Waals surface area contributed by atoms with Crippen LogP contribution in [0, 0.1) is 0 Å². The molecule has 1 saturated heterocycles. The Morgan fingerprint density at radius 3 is 2.71 bits per heavy atom. The number of aldehydes is 1. The molecule has 1 aliphatic heterocycles. The minimum atomic E-state index is -0.270. The Morgan fingerprint density at radius 1 is 1.41 bits per heavy atom. The lowest BCUT2D eigenvalue weighted by molar-refractivity contribution is 0.0557. The molecule has 0 spiro atoms. The van der Waals surface area contributed by atoms with Crippen LogP contribution in [0.4, 0.5) is 4.39 Å². The number of carbonyl (C=O) groups excluding carboxylic acids is 1. The van der Waals surface area contributed by atoms with Gasteiger partial charge in [-0.15, -0.1) is 0 Å². The summed E-state index contributed by atoms with van der Waals surface area (Å²) in [6.45, 7) is 2.00. The number of halogens is 1. The van der Waals surface area contributed by atoms with E-state index in [1.807, 2.05) is 0 Å². The summed E-state index contributed by atoms with van der Waals surface area (Å²) >= 11 is 0. The van der Waals surface area contributed by atoms with Crippen molar-refractivity contribution in [3.63, 3.8) is 0 Å². The van der Waals surface area contributed by atoms with Gasteiger partial charge in [0.1, 0.15) is 25.3 Å². The largest absolute Gasteiger partial charge is 0.492 e. The Balaban J connectivity index is 1.72. The van der Waals surface area contributed by atoms with Crippen LogP contribution >= 0.6 is 0 Å². The summed E-state index contributed by atoms with van der Waals surface area (Å²) in [6, 6.07) is 7.07. The molecule has 1 aromatic rings. The van der Waals surface area contributed by atoms with E-state index >= 15 is 0 Å². The van der Waals surface area contributed by atoms with Crippen LogP contribution in [0.1, 0.15) is 16.8 Å². The van der Waals surface area contributed by atoms with Crippen molar-refractivity contribution in [1.29, 1.82) is 0 Å². The number of benzene rings is 1. The Morgan fingerprint density at radius 2 is 2.18 bits per heavy atom. The van der Waals surface area contributed by atoms with E-state index in [9.17, 15) is 9.18 Å². The second-order valence-electron chi connectivity index (χ2n) is 4.17. The van der Waals surface area contributed by atoms with Crippen molar-refractivity contribution in [3.8, 4) is 5.75 Å². The van der Waals surface area contributed by atoms with Gasteiger partial charge in [0.05, 0.1) is 0 Å². The van der Waals surface area contributed by atoms with E-state index in [4.69, 9.17) is 4.74 Å². The Hall–Kier alpha value is -1.42. The van der Waals surface area contributed by atoms with E-state index < -0.39 is 0 Å². The molecule has 1 atom stereocenters. The molecule has 4 heteroatoms. The summed E-state index contributed by atoms with van der Waals surface area (Å²) in [7, 11) is 0. The standard InChI is InChI=1S/C13H16FNO2/c14-9-12-5-6-15(12)7-8-17-13-3-1-11(10-16)2-4-13/h1-4,10,12H,5-9H2. The van der Waals surface area contributed by atoms with Crippen LogP contribution in [0.5, 0.6) is 5.75 Å². The van der Waals surface area contributed by atoms with Crippen LogP contribution in [-0.2, 0) is 0 Å². The van der Waals surface area contributed by atoms with Crippen molar-refractivity contribution >= 4 is 6.29 Å². The quantitative estimate of drug-likeness (QED) is 0.708. The monoisotopic (exact) mass is 237 g/mol. The maximum absolute atomic E-state index is 12.4. The first kappa shape index (κ1) is 12.0. The molecule has 92 valence electrons. The summed E-state index contributed by atoms with van der Waals surface area (Å²) < 4.78 is 17.9. The second-order valence-corrected chi connectivity index (χ2v) is 4.17. The van der Waals surface area contributed by atoms with E-state index in [-0.39, 0.29) is 12.7 Å². The van der Waals surface area contributed by atoms with Crippen molar-refractivity contribution < 1.29 is 13.9 Å². The fraction of sp³-hybridized carbons (Fsp3) is 0.462. The smallest absolute Gasteiger partial charge is 0.150 e. The van der Waals surface area contributed by atoms with Crippen molar-refractivity contribution in [3.05, 3.63) is 29.8 Å². The number of rotatable bonds is 6. The van der Waals surface area contributed by atoms with Gasteiger partial charge in [-0.05, 0) is 30.7 Å². The van der Waals surface area contributed by atoms with Gasteiger partial charge in [-0.3, -0.25) is 9.69 Å². The van der Waals surface area contributed by atoms with Crippen LogP contribution in [0.15, 0.2) is 24.3 Å². The van der Waals surface area contributed by atoms with E-state index in [0.29, 0.717) is 12.2 Å². The van der Waals surface area contributed by atoms with Gasteiger partial charge in [0.25, 0.3) is 0 Å². The topological polar surface area (TPSA) is 29.5 Å². The van der Waals surface area contributed by atoms with Crippen molar-refractivity contribution in [2.24, 2.45) is 0 Å². The third kappa shape index (κ3) is 3.03. The maximum Gasteiger partial charge on any atom is 0.150 e. The zero-order chi connectivity index (χ0) is 12.1. The first-order valence-electron chi connectivity index (χ1n) is 5.81. The summed E-state index contributed by atoms with van der Waals surface area (Å²) in [4.78, 5) is 12.5. The zero-order valence-electron chi connectivity index (χ0n) is 9.64. The van der Waals surface area contributed by atoms with Gasteiger partial charge in [0, 0.05) is 24.7 Å². The van der Waals surface area contributed by atoms with Gasteiger partial charge < -0.3 is 4.74 Å². The average molecular weight is 237 g/mol. The molecule has 2 rings (SSSR count). The molecule has 0 aliphatic carbocycles. The lowest BCUT2D eigenvalue weighted by Gasteiger charge is -2.39. The van der Waals surface area contributed by atoms with Crippen molar-refractivity contribution in [2.75, 3.05) is 26.4 Å². The van der Waals surface area contributed by atoms with Gasteiger partial charge in [-0.1, -0.05) is 0 Å². The van der Waals surface area contributed by atoms with Crippen LogP contribution in [0.25, 0.3) is 0 Å². The number of nitrogens with zero attached hydrogens (tertiary/aromatic N) is 1. The van der Waals surface area contributed by atoms with Crippen molar-refractivity contribution in [2.45, 2.75) is 12.5 Å². The van der Waals surface area contributed by atoms with Crippen LogP contribution in [0.2, 0.25) is 0 Å². The molecule has 0 radical (unpaired) electrons. The Labute approximate surface area is 100 Å². The van der Waals surface area contributed by atoms with Gasteiger partial charge >= 0.3 is 0 Å². The van der Waals surface area contributed by atoms with Gasteiger partial charge in [-0.25, -0.2) is 4.39 Å². The first-order valence-corrected chi connectivity index (χ1v) is 5.81. The maximum atomic E-state index is 12.4. The number of hydrogen-bond acceptors (Lipinski definition) is 3. The zero-order valence-corrected chi connectivity index (χ0v) is 9.64. The Kier molecular flexibility index (Phi) is 4.09. The fourth-order valence-electron chi connectivity index (χ4n) is 1.89. The van der Waals surface area contributed by atoms with E-state index in [0.717, 1.165) is 31.5 Å². The van der Waals surface area contributed by atoms with Crippen molar-refractivity contribution in [1.82, 2.24) is 4.90 Å². The molecule has 0 aromatic heterocycles. The minimum absolute atomic E-state index is 0.0936. The molecule has 17 heavy (non-hydrogen) atoms. The first-order chi connectivity index (χ1) is 8.33. The molecule has 0 amide bonds. The number of hydrogen-bond donors (Lipinski definition) is 0. The van der Waals surface area contributed by atoms with E-state index in [1.165, 1.54) is 0 Å². The molecule has 1 aromatic carbocycles. The average Bonchev–Trinajstić information content (AvgIpc) is 2.34. The summed E-state index contributed by atoms with van der Waals surface area (Å²) in [5, 5.41) is 0. The molecule has 0 N–H and O–H groups in total. The number of alkyl halides is 1. The number of ether oxygens (including phenoxy) is 1. The molecule has 1 heterocycles. The molecule has 1 fully saturated rings. The molecule has 1 unspecified atom stereocenters. The molecular weight excluding hydrogens is 221 g/mol. The SMILES string of the molecule is O=Cc1ccc(OCCN2CCC2CF)cc1. The third-order valence-corrected chi connectivity index (χ3v) is 3.11. The second kappa shape index (κ2) is 5.77. The van der Waals surface area contributed by atoms with E-state index in [2.05, 4.69) is 4.90 Å². The van der Waals surface area contributed by atoms with Crippen LogP contribution in [-0.4, -0.2) is 43.6 Å².